The van der Waals surface area contributed by atoms with E-state index in [1.165, 1.54) is 0 Å². The van der Waals surface area contributed by atoms with Crippen molar-refractivity contribution in [2.24, 2.45) is 5.14 Å². The van der Waals surface area contributed by atoms with Gasteiger partial charge < -0.3 is 9.67 Å². The maximum atomic E-state index is 12.0. The van der Waals surface area contributed by atoms with Crippen LogP contribution < -0.4 is 5.14 Å². The van der Waals surface area contributed by atoms with E-state index in [0.29, 0.717) is 17.9 Å². The highest BCUT2D eigenvalue weighted by Gasteiger charge is 2.22. The van der Waals surface area contributed by atoms with Crippen molar-refractivity contribution >= 4 is 10.0 Å². The number of primary sulfonamides is 1. The summed E-state index contributed by atoms with van der Waals surface area (Å²) in [6.45, 7) is 6.04. The number of rotatable bonds is 7. The Hall–Kier alpha value is -2.48. The molecule has 0 saturated heterocycles. The van der Waals surface area contributed by atoms with Crippen LogP contribution in [0.1, 0.15) is 44.1 Å². The summed E-state index contributed by atoms with van der Waals surface area (Å²) in [5.41, 5.74) is 2.47. The zero-order chi connectivity index (χ0) is 21.2. The second kappa shape index (κ2) is 8.10. The highest BCUT2D eigenvalue weighted by molar-refractivity contribution is 7.89. The molecule has 154 valence electrons. The summed E-state index contributed by atoms with van der Waals surface area (Å²) in [5, 5.41) is 15.7. The van der Waals surface area contributed by atoms with Gasteiger partial charge in [-0.15, -0.1) is 0 Å². The first-order chi connectivity index (χ1) is 13.6. The van der Waals surface area contributed by atoms with Gasteiger partial charge in [0, 0.05) is 24.5 Å². The minimum atomic E-state index is -3.83. The first-order valence-corrected chi connectivity index (χ1v) is 11.1. The van der Waals surface area contributed by atoms with Crippen molar-refractivity contribution in [3.05, 3.63) is 71.8 Å². The fourth-order valence-electron chi connectivity index (χ4n) is 3.45. The van der Waals surface area contributed by atoms with Gasteiger partial charge in [-0.1, -0.05) is 43.7 Å². The van der Waals surface area contributed by atoms with Crippen LogP contribution in [0.2, 0.25) is 0 Å². The monoisotopic (exact) mass is 413 g/mol. The number of hydrogen-bond acceptors (Lipinski definition) is 4. The molecule has 0 amide bonds. The lowest BCUT2D eigenvalue weighted by molar-refractivity contribution is 0.0652. The molecule has 7 heteroatoms. The summed E-state index contributed by atoms with van der Waals surface area (Å²) >= 11 is 0. The lowest BCUT2D eigenvalue weighted by Gasteiger charge is -2.19. The average Bonchev–Trinajstić information content (AvgIpc) is 3.10. The molecule has 0 bridgehead atoms. The van der Waals surface area contributed by atoms with Gasteiger partial charge in [0.25, 0.3) is 0 Å². The van der Waals surface area contributed by atoms with Gasteiger partial charge in [-0.2, -0.15) is 0 Å². The van der Waals surface area contributed by atoms with E-state index in [4.69, 9.17) is 5.14 Å². The molecule has 0 aliphatic rings. The predicted molar refractivity (Wildman–Crippen MR) is 114 cm³/mol. The van der Waals surface area contributed by atoms with E-state index in [1.807, 2.05) is 47.2 Å². The number of nitrogens with two attached hydrogens (primary N) is 1. The highest BCUT2D eigenvalue weighted by atomic mass is 32.2. The molecule has 1 aromatic heterocycles. The van der Waals surface area contributed by atoms with Crippen LogP contribution in [0.5, 0.6) is 0 Å². The number of sulfonamides is 1. The number of aryl methyl sites for hydroxylation is 1. The smallest absolute Gasteiger partial charge is 0.238 e. The fraction of sp³-hybridized carbons (Fsp3) is 0.318. The van der Waals surface area contributed by atoms with Crippen LogP contribution in [-0.2, 0) is 28.6 Å². The summed E-state index contributed by atoms with van der Waals surface area (Å²) in [5.74, 6) is 0.588. The van der Waals surface area contributed by atoms with E-state index < -0.39 is 15.6 Å². The molecule has 0 fully saturated rings. The zero-order valence-corrected chi connectivity index (χ0v) is 17.8. The molecule has 0 unspecified atom stereocenters. The summed E-state index contributed by atoms with van der Waals surface area (Å²) in [4.78, 5) is 4.38. The van der Waals surface area contributed by atoms with Crippen LogP contribution >= 0.6 is 0 Å². The van der Waals surface area contributed by atoms with Crippen molar-refractivity contribution < 1.29 is 13.5 Å². The standard InChI is InChI=1S/C22H27N3O3S/c1-4-5-16-8-11-20(29(23,27)28)19(14-16)18-9-6-17(7-10-18)15-25-13-12-24-21(25)22(2,3)26/h6-14,26H,4-5,15H2,1-3H3,(H2,23,27,28). The van der Waals surface area contributed by atoms with Gasteiger partial charge in [0.05, 0.1) is 4.90 Å². The van der Waals surface area contributed by atoms with Gasteiger partial charge in [0.1, 0.15) is 11.4 Å². The normalized spacial score (nSPS) is 12.3. The molecule has 29 heavy (non-hydrogen) atoms. The molecule has 0 aliphatic carbocycles. The average molecular weight is 414 g/mol. The predicted octanol–water partition coefficient (Wildman–Crippen LogP) is 3.43. The van der Waals surface area contributed by atoms with Gasteiger partial charge in [-0.05, 0) is 49.1 Å². The topological polar surface area (TPSA) is 98.2 Å². The lowest BCUT2D eigenvalue weighted by Crippen LogP contribution is -2.22. The first-order valence-electron chi connectivity index (χ1n) is 9.58. The quantitative estimate of drug-likeness (QED) is 0.620. The summed E-state index contributed by atoms with van der Waals surface area (Å²) in [6, 6.07) is 13.0. The van der Waals surface area contributed by atoms with Crippen molar-refractivity contribution in [2.75, 3.05) is 0 Å². The Bertz CT molecular complexity index is 1100. The van der Waals surface area contributed by atoms with Crippen LogP contribution in [0.15, 0.2) is 59.8 Å². The zero-order valence-electron chi connectivity index (χ0n) is 17.0. The van der Waals surface area contributed by atoms with Crippen molar-refractivity contribution in [3.63, 3.8) is 0 Å². The van der Waals surface area contributed by atoms with Crippen molar-refractivity contribution in [1.29, 1.82) is 0 Å². The molecule has 0 aliphatic heterocycles. The van der Waals surface area contributed by atoms with Crippen molar-refractivity contribution in [1.82, 2.24) is 9.55 Å². The van der Waals surface area contributed by atoms with Gasteiger partial charge in [0.2, 0.25) is 10.0 Å². The van der Waals surface area contributed by atoms with Crippen molar-refractivity contribution in [3.8, 4) is 11.1 Å². The molecule has 3 rings (SSSR count). The second-order valence-corrected chi connectivity index (χ2v) is 9.29. The Balaban J connectivity index is 1.95. The van der Waals surface area contributed by atoms with Crippen LogP contribution in [0.3, 0.4) is 0 Å². The molecule has 0 saturated carbocycles. The van der Waals surface area contributed by atoms with E-state index >= 15 is 0 Å². The summed E-state index contributed by atoms with van der Waals surface area (Å²) in [7, 11) is -3.83. The number of aliphatic hydroxyl groups is 1. The third-order valence-corrected chi connectivity index (χ3v) is 5.74. The van der Waals surface area contributed by atoms with E-state index in [-0.39, 0.29) is 4.90 Å². The van der Waals surface area contributed by atoms with E-state index in [0.717, 1.165) is 29.5 Å². The fourth-order valence-corrected chi connectivity index (χ4v) is 4.19. The van der Waals surface area contributed by atoms with Gasteiger partial charge >= 0.3 is 0 Å². The Morgan fingerprint density at radius 2 is 1.76 bits per heavy atom. The number of aromatic nitrogens is 2. The first kappa shape index (κ1) is 21.2. The van der Waals surface area contributed by atoms with Crippen LogP contribution in [0.4, 0.5) is 0 Å². The molecule has 3 N–H and O–H groups in total. The van der Waals surface area contributed by atoms with Crippen molar-refractivity contribution in [2.45, 2.75) is 50.7 Å². The molecule has 2 aromatic carbocycles. The number of imidazole rings is 1. The van der Waals surface area contributed by atoms with E-state index in [1.54, 1.807) is 26.1 Å². The molecule has 0 radical (unpaired) electrons. The minimum absolute atomic E-state index is 0.129. The largest absolute Gasteiger partial charge is 0.383 e. The van der Waals surface area contributed by atoms with E-state index in [9.17, 15) is 13.5 Å². The van der Waals surface area contributed by atoms with Gasteiger partial charge in [-0.3, -0.25) is 0 Å². The number of nitrogens with zero attached hydrogens (tertiary/aromatic N) is 2. The Morgan fingerprint density at radius 3 is 2.34 bits per heavy atom. The van der Waals surface area contributed by atoms with Gasteiger partial charge in [-0.25, -0.2) is 18.5 Å². The molecule has 3 aromatic rings. The Labute approximate surface area is 172 Å². The molecule has 0 spiro atoms. The Morgan fingerprint density at radius 1 is 1.10 bits per heavy atom. The highest BCUT2D eigenvalue weighted by Crippen LogP contribution is 2.29. The molecular weight excluding hydrogens is 386 g/mol. The summed E-state index contributed by atoms with van der Waals surface area (Å²) < 4.78 is 26.0. The second-order valence-electron chi connectivity index (χ2n) is 7.76. The number of hydrogen-bond donors (Lipinski definition) is 2. The van der Waals surface area contributed by atoms with Crippen LogP contribution in [0.25, 0.3) is 11.1 Å². The number of benzene rings is 2. The molecule has 1 heterocycles. The van der Waals surface area contributed by atoms with E-state index in [2.05, 4.69) is 11.9 Å². The lowest BCUT2D eigenvalue weighted by atomic mass is 10.00. The maximum absolute atomic E-state index is 12.0. The summed E-state index contributed by atoms with van der Waals surface area (Å²) in [6.07, 6.45) is 5.34. The molecule has 0 atom stereocenters. The van der Waals surface area contributed by atoms with Gasteiger partial charge in [0.15, 0.2) is 0 Å². The van der Waals surface area contributed by atoms with Crippen LogP contribution in [0, 0.1) is 0 Å². The van der Waals surface area contributed by atoms with Crippen LogP contribution in [-0.4, -0.2) is 23.1 Å². The molecule has 6 nitrogen and oxygen atoms in total. The Kier molecular flexibility index (Phi) is 5.93. The third-order valence-electron chi connectivity index (χ3n) is 4.77. The minimum Gasteiger partial charge on any atom is -0.383 e. The SMILES string of the molecule is CCCc1ccc(S(N)(=O)=O)c(-c2ccc(Cn3ccnc3C(C)(C)O)cc2)c1. The molecular formula is C22H27N3O3S. The third kappa shape index (κ3) is 4.93. The maximum Gasteiger partial charge on any atom is 0.238 e.